The first-order chi connectivity index (χ1) is 28.0. The van der Waals surface area contributed by atoms with Crippen LogP contribution in [0, 0.1) is 0 Å². The average molecular weight is 802 g/mol. The molecule has 0 spiro atoms. The molecule has 0 fully saturated rings. The summed E-state index contributed by atoms with van der Waals surface area (Å²) in [6.45, 7) is 4.83. The predicted octanol–water partition coefficient (Wildman–Crippen LogP) is 14.5. The minimum atomic E-state index is -0.695. The Labute approximate surface area is 353 Å². The maximum absolute atomic E-state index is 12.4. The molecule has 0 aromatic carbocycles. The highest BCUT2D eigenvalue weighted by Crippen LogP contribution is 2.15. The van der Waals surface area contributed by atoms with E-state index in [9.17, 15) is 19.8 Å². The fourth-order valence-electron chi connectivity index (χ4n) is 7.32. The maximum atomic E-state index is 12.4. The molecule has 0 aliphatic carbocycles. The van der Waals surface area contributed by atoms with E-state index in [0.717, 1.165) is 77.0 Å². The van der Waals surface area contributed by atoms with E-state index in [1.54, 1.807) is 0 Å². The molecule has 2 unspecified atom stereocenters. The fraction of sp³-hybridized carbons (Fsp3) is 0.843. The zero-order chi connectivity index (χ0) is 41.5. The second kappa shape index (κ2) is 46.8. The number of unbranched alkanes of at least 4 members (excludes halogenated alkanes) is 28. The lowest BCUT2D eigenvalue weighted by atomic mass is 10.0. The zero-order valence-corrected chi connectivity index (χ0v) is 37.8. The number of hydrogen-bond donors (Lipinski definition) is 3. The molecule has 6 nitrogen and oxygen atoms in total. The Morgan fingerprint density at radius 1 is 0.491 bits per heavy atom. The molecule has 0 aliphatic rings. The van der Waals surface area contributed by atoms with Gasteiger partial charge in [0, 0.05) is 12.8 Å². The smallest absolute Gasteiger partial charge is 0.305 e. The Bertz CT molecular complexity index is 931. The molecule has 0 saturated carbocycles. The van der Waals surface area contributed by atoms with Crippen LogP contribution in [0.4, 0.5) is 0 Å². The number of carbonyl (C=O) groups excluding carboxylic acids is 2. The summed E-state index contributed by atoms with van der Waals surface area (Å²) in [5.74, 6) is -0.141. The summed E-state index contributed by atoms with van der Waals surface area (Å²) in [5, 5.41) is 23.1. The maximum Gasteiger partial charge on any atom is 0.305 e. The van der Waals surface area contributed by atoms with Crippen LogP contribution in [-0.4, -0.2) is 47.4 Å². The number of hydrogen-bond acceptors (Lipinski definition) is 5. The van der Waals surface area contributed by atoms with Gasteiger partial charge in [-0.3, -0.25) is 9.59 Å². The first-order valence-corrected chi connectivity index (χ1v) is 24.7. The molecule has 0 heterocycles. The third-order valence-corrected chi connectivity index (χ3v) is 11.2. The van der Waals surface area contributed by atoms with E-state index in [1.807, 2.05) is 0 Å². The van der Waals surface area contributed by atoms with E-state index in [4.69, 9.17) is 4.74 Å². The van der Waals surface area contributed by atoms with Gasteiger partial charge in [-0.05, 0) is 77.0 Å². The summed E-state index contributed by atoms with van der Waals surface area (Å²) < 4.78 is 5.44. The molecule has 0 rings (SSSR count). The number of allylic oxidation sites excluding steroid dienone is 6. The molecular weight excluding hydrogens is 707 g/mol. The van der Waals surface area contributed by atoms with Gasteiger partial charge in [0.1, 0.15) is 0 Å². The summed E-state index contributed by atoms with van der Waals surface area (Å²) in [6, 6.07) is -0.579. The van der Waals surface area contributed by atoms with Gasteiger partial charge < -0.3 is 20.3 Å². The van der Waals surface area contributed by atoms with Crippen molar-refractivity contribution in [2.24, 2.45) is 0 Å². The normalized spacial score (nSPS) is 13.0. The van der Waals surface area contributed by atoms with Crippen molar-refractivity contribution in [2.75, 3.05) is 13.2 Å². The lowest BCUT2D eigenvalue weighted by molar-refractivity contribution is -0.143. The van der Waals surface area contributed by atoms with Crippen LogP contribution in [0.2, 0.25) is 0 Å². The van der Waals surface area contributed by atoms with Crippen molar-refractivity contribution in [3.8, 4) is 0 Å². The van der Waals surface area contributed by atoms with E-state index >= 15 is 0 Å². The standard InChI is InChI=1S/C51H95NO5/c1-3-5-7-9-11-13-15-17-18-19-20-21-23-25-29-33-37-41-45-51(56)57-46-42-38-34-30-26-28-32-36-40-44-50(55)52-48(47-53)49(54)43-39-35-31-27-24-22-16-14-12-10-8-6-4-2/h13,15,18-19,28,32,48-49,53-54H,3-12,14,16-17,20-27,29-31,33-47H2,1-2H3,(H,52,55)/b15-13-,19-18-,32-28-. The average Bonchev–Trinajstić information content (AvgIpc) is 3.21. The van der Waals surface area contributed by atoms with Crippen LogP contribution in [0.5, 0.6) is 0 Å². The summed E-state index contributed by atoms with van der Waals surface area (Å²) in [6.07, 6.45) is 55.4. The fourth-order valence-corrected chi connectivity index (χ4v) is 7.32. The molecule has 0 radical (unpaired) electrons. The van der Waals surface area contributed by atoms with Gasteiger partial charge in [-0.1, -0.05) is 198 Å². The molecule has 1 amide bonds. The molecule has 0 aromatic rings. The van der Waals surface area contributed by atoms with Crippen molar-refractivity contribution in [1.29, 1.82) is 0 Å². The van der Waals surface area contributed by atoms with Crippen LogP contribution in [0.15, 0.2) is 36.5 Å². The minimum absolute atomic E-state index is 0.0437. The van der Waals surface area contributed by atoms with Gasteiger partial charge in [-0.2, -0.15) is 0 Å². The Kier molecular flexibility index (Phi) is 45.2. The third kappa shape index (κ3) is 43.5. The molecule has 334 valence electrons. The number of amides is 1. The van der Waals surface area contributed by atoms with Crippen molar-refractivity contribution < 1.29 is 24.5 Å². The second-order valence-corrected chi connectivity index (χ2v) is 16.8. The van der Waals surface area contributed by atoms with Crippen molar-refractivity contribution >= 4 is 11.9 Å². The third-order valence-electron chi connectivity index (χ3n) is 11.2. The van der Waals surface area contributed by atoms with Crippen molar-refractivity contribution in [2.45, 2.75) is 264 Å². The molecule has 57 heavy (non-hydrogen) atoms. The van der Waals surface area contributed by atoms with Crippen molar-refractivity contribution in [3.63, 3.8) is 0 Å². The summed E-state index contributed by atoms with van der Waals surface area (Å²) >= 11 is 0. The summed E-state index contributed by atoms with van der Waals surface area (Å²) in [5.41, 5.74) is 0. The lowest BCUT2D eigenvalue weighted by Gasteiger charge is -2.22. The molecule has 6 heteroatoms. The van der Waals surface area contributed by atoms with Gasteiger partial charge in [0.05, 0.1) is 25.4 Å². The molecule has 2 atom stereocenters. The van der Waals surface area contributed by atoms with E-state index in [0.29, 0.717) is 25.9 Å². The molecule has 0 aliphatic heterocycles. The van der Waals surface area contributed by atoms with Crippen LogP contribution in [-0.2, 0) is 14.3 Å². The lowest BCUT2D eigenvalue weighted by Crippen LogP contribution is -2.45. The predicted molar refractivity (Wildman–Crippen MR) is 246 cm³/mol. The Morgan fingerprint density at radius 3 is 1.40 bits per heavy atom. The number of nitrogens with one attached hydrogen (secondary N) is 1. The number of carbonyl (C=O) groups is 2. The van der Waals surface area contributed by atoms with Gasteiger partial charge in [0.15, 0.2) is 0 Å². The topological polar surface area (TPSA) is 95.9 Å². The number of ether oxygens (including phenoxy) is 1. The van der Waals surface area contributed by atoms with E-state index in [-0.39, 0.29) is 18.5 Å². The molecule has 0 bridgehead atoms. The summed E-state index contributed by atoms with van der Waals surface area (Å²) in [7, 11) is 0. The first-order valence-electron chi connectivity index (χ1n) is 24.7. The molecule has 3 N–H and O–H groups in total. The van der Waals surface area contributed by atoms with E-state index in [2.05, 4.69) is 55.6 Å². The quantitative estimate of drug-likeness (QED) is 0.0324. The first kappa shape index (κ1) is 55.1. The van der Waals surface area contributed by atoms with Gasteiger partial charge in [0.25, 0.3) is 0 Å². The van der Waals surface area contributed by atoms with Gasteiger partial charge >= 0.3 is 5.97 Å². The van der Waals surface area contributed by atoms with Crippen LogP contribution < -0.4 is 5.32 Å². The molecular formula is C51H95NO5. The SMILES string of the molecule is CCCCCC/C=C\C/C=C\CCCCCCCCCC(=O)OCCCCCC/C=C\CCCC(=O)NC(CO)C(O)CCCCCCCCCCCCCCC. The van der Waals surface area contributed by atoms with Crippen molar-refractivity contribution in [1.82, 2.24) is 5.32 Å². The van der Waals surface area contributed by atoms with Crippen LogP contribution in [0.3, 0.4) is 0 Å². The monoisotopic (exact) mass is 802 g/mol. The zero-order valence-electron chi connectivity index (χ0n) is 37.8. The van der Waals surface area contributed by atoms with Gasteiger partial charge in [-0.25, -0.2) is 0 Å². The van der Waals surface area contributed by atoms with Gasteiger partial charge in [0.2, 0.25) is 5.91 Å². The second-order valence-electron chi connectivity index (χ2n) is 16.8. The largest absolute Gasteiger partial charge is 0.466 e. The van der Waals surface area contributed by atoms with Crippen LogP contribution in [0.25, 0.3) is 0 Å². The van der Waals surface area contributed by atoms with Crippen molar-refractivity contribution in [3.05, 3.63) is 36.5 Å². The Balaban J connectivity index is 3.54. The van der Waals surface area contributed by atoms with E-state index < -0.39 is 12.1 Å². The highest BCUT2D eigenvalue weighted by molar-refractivity contribution is 5.76. The number of aliphatic hydroxyl groups excluding tert-OH is 2. The van der Waals surface area contributed by atoms with Crippen LogP contribution >= 0.6 is 0 Å². The number of rotatable bonds is 45. The van der Waals surface area contributed by atoms with Crippen LogP contribution in [0.1, 0.15) is 251 Å². The highest BCUT2D eigenvalue weighted by atomic mass is 16.5. The molecule has 0 aromatic heterocycles. The number of aliphatic hydroxyl groups is 2. The Hall–Kier alpha value is -1.92. The summed E-state index contributed by atoms with van der Waals surface area (Å²) in [4.78, 5) is 24.4. The Morgan fingerprint density at radius 2 is 0.895 bits per heavy atom. The van der Waals surface area contributed by atoms with E-state index in [1.165, 1.54) is 141 Å². The minimum Gasteiger partial charge on any atom is -0.466 e. The highest BCUT2D eigenvalue weighted by Gasteiger charge is 2.20. The number of esters is 1. The van der Waals surface area contributed by atoms with Gasteiger partial charge in [-0.15, -0.1) is 0 Å². The molecule has 0 saturated heterocycles.